The normalized spacial score (nSPS) is 16.7. The van der Waals surface area contributed by atoms with Gasteiger partial charge in [-0.15, -0.1) is 0 Å². The van der Waals surface area contributed by atoms with E-state index in [9.17, 15) is 24.6 Å². The van der Waals surface area contributed by atoms with E-state index >= 15 is 0 Å². The first-order chi connectivity index (χ1) is 17.9. The number of nitrogens with zero attached hydrogens (tertiary/aromatic N) is 1. The number of amidine groups is 1. The van der Waals surface area contributed by atoms with Gasteiger partial charge in [-0.3, -0.25) is 15.0 Å². The number of carbonyl (C=O) groups is 3. The molecule has 1 aliphatic heterocycles. The van der Waals surface area contributed by atoms with E-state index in [-0.39, 0.29) is 34.9 Å². The Balaban J connectivity index is 1.89. The van der Waals surface area contributed by atoms with Gasteiger partial charge >= 0.3 is 5.97 Å². The molecule has 0 aromatic heterocycles. The molecule has 2 amide bonds. The van der Waals surface area contributed by atoms with Crippen molar-refractivity contribution >= 4 is 35.0 Å². The smallest absolute Gasteiger partial charge is 0.337 e. The predicted molar refractivity (Wildman–Crippen MR) is 147 cm³/mol. The summed E-state index contributed by atoms with van der Waals surface area (Å²) in [5, 5.41) is 32.9. The second kappa shape index (κ2) is 12.1. The number of nitrogens with one attached hydrogen (secondary N) is 3. The van der Waals surface area contributed by atoms with Gasteiger partial charge in [-0.25, -0.2) is 4.79 Å². The minimum Gasteiger partial charge on any atom is -0.478 e. The lowest BCUT2D eigenvalue weighted by molar-refractivity contribution is -0.117. The summed E-state index contributed by atoms with van der Waals surface area (Å²) in [6.45, 7) is 5.91. The fourth-order valence-electron chi connectivity index (χ4n) is 4.50. The van der Waals surface area contributed by atoms with Crippen molar-refractivity contribution in [1.82, 2.24) is 5.32 Å². The second-order valence-corrected chi connectivity index (χ2v) is 10.7. The number of carbonyl (C=O) groups excluding carboxylic acids is 2. The molecule has 204 valence electrons. The molecule has 0 aliphatic carbocycles. The van der Waals surface area contributed by atoms with Gasteiger partial charge < -0.3 is 31.5 Å². The molecule has 38 heavy (non-hydrogen) atoms. The standard InChI is InChI=1S/C28H37N5O5/c1-28(2,3)23(16-34)32-25(35)18-10-13-21(20(15-18)27(37)38)33-14-6-4-5-7-22(33)26(36)31-19-11-8-17(9-12-19)24(29)30/h8-13,15,22-23,34H,4-7,14,16H2,1-3H3,(H3,29,30)(H,31,36)(H,32,35)(H,37,38). The third kappa shape index (κ3) is 6.89. The average molecular weight is 524 g/mol. The average Bonchev–Trinajstić information content (AvgIpc) is 3.12. The Kier molecular flexibility index (Phi) is 9.11. The van der Waals surface area contributed by atoms with Crippen LogP contribution in [-0.2, 0) is 4.79 Å². The number of aliphatic hydroxyl groups excluding tert-OH is 1. The number of nitrogens with two attached hydrogens (primary N) is 1. The lowest BCUT2D eigenvalue weighted by atomic mass is 9.87. The van der Waals surface area contributed by atoms with E-state index in [4.69, 9.17) is 11.1 Å². The Morgan fingerprint density at radius 1 is 1.08 bits per heavy atom. The van der Waals surface area contributed by atoms with Crippen LogP contribution in [0.2, 0.25) is 0 Å². The van der Waals surface area contributed by atoms with Gasteiger partial charge in [-0.1, -0.05) is 33.6 Å². The number of hydrogen-bond donors (Lipinski definition) is 6. The summed E-state index contributed by atoms with van der Waals surface area (Å²) in [4.78, 5) is 40.4. The summed E-state index contributed by atoms with van der Waals surface area (Å²) >= 11 is 0. The van der Waals surface area contributed by atoms with Crippen LogP contribution in [-0.4, -0.2) is 59.1 Å². The van der Waals surface area contributed by atoms with Crippen LogP contribution in [0.15, 0.2) is 42.5 Å². The van der Waals surface area contributed by atoms with E-state index in [1.807, 2.05) is 25.7 Å². The number of hydrogen-bond acceptors (Lipinski definition) is 6. The number of carboxylic acids is 1. The molecule has 1 heterocycles. The van der Waals surface area contributed by atoms with Gasteiger partial charge in [0.05, 0.1) is 23.9 Å². The Bertz CT molecular complexity index is 1190. The zero-order valence-corrected chi connectivity index (χ0v) is 22.1. The van der Waals surface area contributed by atoms with Crippen LogP contribution >= 0.6 is 0 Å². The summed E-state index contributed by atoms with van der Waals surface area (Å²) in [6, 6.07) is 9.97. The van der Waals surface area contributed by atoms with Gasteiger partial charge in [0.25, 0.3) is 5.91 Å². The molecule has 2 unspecified atom stereocenters. The quantitative estimate of drug-likeness (QED) is 0.228. The third-order valence-corrected chi connectivity index (χ3v) is 6.85. The molecule has 1 fully saturated rings. The molecule has 1 aliphatic rings. The maximum Gasteiger partial charge on any atom is 0.337 e. The van der Waals surface area contributed by atoms with Crippen LogP contribution in [0.1, 0.15) is 72.7 Å². The first kappa shape index (κ1) is 28.6. The number of aromatic carboxylic acids is 1. The van der Waals surface area contributed by atoms with E-state index in [1.165, 1.54) is 6.07 Å². The lowest BCUT2D eigenvalue weighted by Crippen LogP contribution is -2.46. The van der Waals surface area contributed by atoms with Gasteiger partial charge in [0.2, 0.25) is 5.91 Å². The summed E-state index contributed by atoms with van der Waals surface area (Å²) in [7, 11) is 0. The van der Waals surface area contributed by atoms with E-state index in [0.717, 1.165) is 19.3 Å². The third-order valence-electron chi connectivity index (χ3n) is 6.85. The highest BCUT2D eigenvalue weighted by molar-refractivity contribution is 6.03. The first-order valence-corrected chi connectivity index (χ1v) is 12.7. The van der Waals surface area contributed by atoms with Gasteiger partial charge in [0, 0.05) is 23.4 Å². The molecule has 1 saturated heterocycles. The Morgan fingerprint density at radius 3 is 2.32 bits per heavy atom. The predicted octanol–water partition coefficient (Wildman–Crippen LogP) is 3.19. The number of amides is 2. The number of benzene rings is 2. The van der Waals surface area contributed by atoms with Crippen LogP contribution in [0.5, 0.6) is 0 Å². The van der Waals surface area contributed by atoms with E-state index < -0.39 is 24.0 Å². The summed E-state index contributed by atoms with van der Waals surface area (Å²) in [5.74, 6) is -2.02. The van der Waals surface area contributed by atoms with Gasteiger partial charge in [-0.2, -0.15) is 0 Å². The minimum atomic E-state index is -1.20. The van der Waals surface area contributed by atoms with Crippen molar-refractivity contribution in [2.45, 2.75) is 58.5 Å². The number of anilines is 2. The Hall–Kier alpha value is -3.92. The highest BCUT2D eigenvalue weighted by atomic mass is 16.4. The van der Waals surface area contributed by atoms with Crippen LogP contribution in [0.25, 0.3) is 0 Å². The monoisotopic (exact) mass is 523 g/mol. The maximum absolute atomic E-state index is 13.4. The number of aliphatic hydroxyl groups is 1. The molecule has 10 heteroatoms. The number of rotatable bonds is 8. The Labute approximate surface area is 222 Å². The fraction of sp³-hybridized carbons (Fsp3) is 0.429. The van der Waals surface area contributed by atoms with Gasteiger partial charge in [0.15, 0.2) is 0 Å². The largest absolute Gasteiger partial charge is 0.478 e. The maximum atomic E-state index is 13.4. The summed E-state index contributed by atoms with van der Waals surface area (Å²) in [5.41, 5.74) is 6.67. The molecule has 0 bridgehead atoms. The van der Waals surface area contributed by atoms with Crippen molar-refractivity contribution in [3.8, 4) is 0 Å². The molecule has 0 spiro atoms. The van der Waals surface area contributed by atoms with Crippen molar-refractivity contribution in [3.63, 3.8) is 0 Å². The minimum absolute atomic E-state index is 0.0681. The Morgan fingerprint density at radius 2 is 1.74 bits per heavy atom. The van der Waals surface area contributed by atoms with E-state index in [1.54, 1.807) is 36.4 Å². The zero-order chi connectivity index (χ0) is 28.0. The second-order valence-electron chi connectivity index (χ2n) is 10.7. The molecule has 7 N–H and O–H groups in total. The SMILES string of the molecule is CC(C)(C)C(CO)NC(=O)c1ccc(N2CCCCCC2C(=O)Nc2ccc(C(=N)N)cc2)c(C(=O)O)c1. The van der Waals surface area contributed by atoms with Crippen molar-refractivity contribution in [2.24, 2.45) is 11.1 Å². The van der Waals surface area contributed by atoms with Crippen LogP contribution in [0.3, 0.4) is 0 Å². The summed E-state index contributed by atoms with van der Waals surface area (Å²) < 4.78 is 0. The molecular weight excluding hydrogens is 486 g/mol. The lowest BCUT2D eigenvalue weighted by Gasteiger charge is -2.32. The first-order valence-electron chi connectivity index (χ1n) is 12.7. The zero-order valence-electron chi connectivity index (χ0n) is 22.1. The fourth-order valence-corrected chi connectivity index (χ4v) is 4.50. The highest BCUT2D eigenvalue weighted by Crippen LogP contribution is 2.30. The molecule has 2 aromatic rings. The van der Waals surface area contributed by atoms with Crippen LogP contribution < -0.4 is 21.3 Å². The molecule has 2 atom stereocenters. The van der Waals surface area contributed by atoms with E-state index in [0.29, 0.717) is 29.9 Å². The number of carboxylic acid groups (broad SMARTS) is 1. The van der Waals surface area contributed by atoms with Crippen LogP contribution in [0, 0.1) is 10.8 Å². The van der Waals surface area contributed by atoms with Crippen molar-refractivity contribution in [2.75, 3.05) is 23.4 Å². The number of nitrogen functional groups attached to an aromatic ring is 1. The highest BCUT2D eigenvalue weighted by Gasteiger charge is 2.31. The molecule has 10 nitrogen and oxygen atoms in total. The van der Waals surface area contributed by atoms with Gasteiger partial charge in [0.1, 0.15) is 11.9 Å². The molecular formula is C28H37N5O5. The van der Waals surface area contributed by atoms with E-state index in [2.05, 4.69) is 10.6 Å². The molecule has 0 radical (unpaired) electrons. The molecule has 2 aromatic carbocycles. The van der Waals surface area contributed by atoms with Crippen molar-refractivity contribution in [3.05, 3.63) is 59.2 Å². The molecule has 3 rings (SSSR count). The molecule has 0 saturated carbocycles. The van der Waals surface area contributed by atoms with Crippen molar-refractivity contribution < 1.29 is 24.6 Å². The topological polar surface area (TPSA) is 169 Å². The van der Waals surface area contributed by atoms with Gasteiger partial charge in [-0.05, 0) is 60.7 Å². The van der Waals surface area contributed by atoms with Crippen LogP contribution in [0.4, 0.5) is 11.4 Å². The summed E-state index contributed by atoms with van der Waals surface area (Å²) in [6.07, 6.45) is 3.06. The van der Waals surface area contributed by atoms with Crippen molar-refractivity contribution in [1.29, 1.82) is 5.41 Å².